The van der Waals surface area contributed by atoms with Crippen molar-refractivity contribution in [2.24, 2.45) is 5.92 Å². The van der Waals surface area contributed by atoms with Crippen LogP contribution in [0.2, 0.25) is 0 Å². The van der Waals surface area contributed by atoms with Gasteiger partial charge >= 0.3 is 0 Å². The van der Waals surface area contributed by atoms with E-state index in [2.05, 4.69) is 77.4 Å². The van der Waals surface area contributed by atoms with E-state index >= 15 is 0 Å². The first kappa shape index (κ1) is 20.2. The molecule has 1 aliphatic carbocycles. The molecule has 2 fully saturated rings. The van der Waals surface area contributed by atoms with E-state index in [9.17, 15) is 0 Å². The molecule has 0 N–H and O–H groups in total. The molecule has 0 amide bonds. The second-order valence-corrected chi connectivity index (χ2v) is 8.97. The topological polar surface area (TPSA) is 3.24 Å². The van der Waals surface area contributed by atoms with Gasteiger partial charge in [0, 0.05) is 0 Å². The van der Waals surface area contributed by atoms with E-state index in [1.165, 1.54) is 75.6 Å². The second kappa shape index (κ2) is 10.1. The van der Waals surface area contributed by atoms with Gasteiger partial charge in [0.2, 0.25) is 0 Å². The van der Waals surface area contributed by atoms with Crippen LogP contribution in [-0.4, -0.2) is 24.5 Å². The van der Waals surface area contributed by atoms with Crippen LogP contribution >= 0.6 is 0 Å². The number of benzene rings is 2. The minimum absolute atomic E-state index is 0.0706. The van der Waals surface area contributed by atoms with Crippen molar-refractivity contribution in [3.05, 3.63) is 71.8 Å². The van der Waals surface area contributed by atoms with Crippen LogP contribution in [0.15, 0.2) is 60.7 Å². The normalized spacial score (nSPS) is 20.4. The molecule has 29 heavy (non-hydrogen) atoms. The number of piperidine rings is 1. The van der Waals surface area contributed by atoms with Crippen LogP contribution in [0.3, 0.4) is 0 Å². The van der Waals surface area contributed by atoms with Gasteiger partial charge in [0.25, 0.3) is 0 Å². The fourth-order valence-electron chi connectivity index (χ4n) is 5.38. The van der Waals surface area contributed by atoms with Crippen molar-refractivity contribution in [1.29, 1.82) is 0 Å². The van der Waals surface area contributed by atoms with Crippen LogP contribution in [0, 0.1) is 17.8 Å². The Bertz CT molecular complexity index is 788. The van der Waals surface area contributed by atoms with Crippen molar-refractivity contribution in [2.75, 3.05) is 19.6 Å². The smallest absolute Gasteiger partial charge is 0.0631 e. The van der Waals surface area contributed by atoms with Gasteiger partial charge in [0.1, 0.15) is 0 Å². The molecule has 1 atom stereocenters. The van der Waals surface area contributed by atoms with Crippen molar-refractivity contribution in [3.8, 4) is 11.8 Å². The largest absolute Gasteiger partial charge is 0.292 e. The third-order valence-corrected chi connectivity index (χ3v) is 6.98. The molecule has 0 spiro atoms. The molecule has 1 saturated heterocycles. The van der Waals surface area contributed by atoms with Crippen molar-refractivity contribution in [2.45, 2.75) is 63.2 Å². The first-order valence-electron chi connectivity index (χ1n) is 11.7. The van der Waals surface area contributed by atoms with E-state index in [4.69, 9.17) is 0 Å². The number of nitrogens with zero attached hydrogens (tertiary/aromatic N) is 1. The summed E-state index contributed by atoms with van der Waals surface area (Å²) >= 11 is 0. The van der Waals surface area contributed by atoms with Gasteiger partial charge in [-0.15, -0.1) is 0 Å². The fraction of sp³-hybridized carbons (Fsp3) is 0.500. The molecule has 1 nitrogen and oxygen atoms in total. The van der Waals surface area contributed by atoms with Crippen LogP contribution in [0.1, 0.15) is 62.5 Å². The molecule has 2 aromatic carbocycles. The van der Waals surface area contributed by atoms with Crippen LogP contribution in [0.25, 0.3) is 0 Å². The molecule has 0 bridgehead atoms. The Morgan fingerprint density at radius 3 is 2.07 bits per heavy atom. The van der Waals surface area contributed by atoms with Crippen molar-refractivity contribution in [3.63, 3.8) is 0 Å². The number of likely N-dealkylation sites (tertiary alicyclic amines) is 1. The quantitative estimate of drug-likeness (QED) is 0.551. The molecule has 2 aromatic rings. The summed E-state index contributed by atoms with van der Waals surface area (Å²) in [5.41, 5.74) is 2.76. The summed E-state index contributed by atoms with van der Waals surface area (Å²) in [6.45, 7) is 3.36. The molecule has 4 rings (SSSR count). The molecular formula is C28H35N. The fourth-order valence-corrected chi connectivity index (χ4v) is 5.38. The first-order valence-corrected chi connectivity index (χ1v) is 11.7. The van der Waals surface area contributed by atoms with E-state index in [1.54, 1.807) is 0 Å². The van der Waals surface area contributed by atoms with Crippen LogP contribution < -0.4 is 0 Å². The average molecular weight is 386 g/mol. The van der Waals surface area contributed by atoms with Gasteiger partial charge in [-0.3, -0.25) is 4.90 Å². The highest BCUT2D eigenvalue weighted by molar-refractivity contribution is 5.40. The van der Waals surface area contributed by atoms with Crippen molar-refractivity contribution >= 4 is 0 Å². The number of hydrogen-bond acceptors (Lipinski definition) is 1. The Morgan fingerprint density at radius 2 is 1.38 bits per heavy atom. The molecule has 1 aliphatic heterocycles. The molecule has 1 heteroatoms. The number of rotatable bonds is 5. The molecule has 0 unspecified atom stereocenters. The highest BCUT2D eigenvalue weighted by atomic mass is 15.1. The Hall–Kier alpha value is -2.04. The summed E-state index contributed by atoms with van der Waals surface area (Å²) in [7, 11) is 0. The van der Waals surface area contributed by atoms with E-state index in [0.29, 0.717) is 5.92 Å². The highest BCUT2D eigenvalue weighted by Crippen LogP contribution is 2.43. The maximum absolute atomic E-state index is 3.92. The van der Waals surface area contributed by atoms with Gasteiger partial charge in [-0.05, 0) is 62.2 Å². The monoisotopic (exact) mass is 385 g/mol. The minimum atomic E-state index is -0.0706. The molecular weight excluding hydrogens is 350 g/mol. The summed E-state index contributed by atoms with van der Waals surface area (Å²) in [5, 5.41) is 0. The molecule has 152 valence electrons. The first-order chi connectivity index (χ1) is 14.4. The summed E-state index contributed by atoms with van der Waals surface area (Å²) in [6, 6.07) is 22.2. The van der Waals surface area contributed by atoms with Gasteiger partial charge < -0.3 is 0 Å². The third-order valence-electron chi connectivity index (χ3n) is 6.98. The zero-order chi connectivity index (χ0) is 19.8. The summed E-state index contributed by atoms with van der Waals surface area (Å²) < 4.78 is 0. The standard InChI is InChI=1S/C28H35N/c1-5-14-25(15-6-1)24-28(26-16-7-2-8-17-26,27-18-9-3-10-19-27)20-13-23-29-21-11-4-12-22-29/h1-2,5-8,14-17,27H,3-4,9-12,18-19,21-24H2/t28-/m0/s1. The van der Waals surface area contributed by atoms with Gasteiger partial charge in [-0.25, -0.2) is 0 Å². The highest BCUT2D eigenvalue weighted by Gasteiger charge is 2.39. The predicted octanol–water partition coefficient (Wildman–Crippen LogP) is 6.24. The Morgan fingerprint density at radius 1 is 0.759 bits per heavy atom. The molecule has 2 aliphatic rings. The maximum atomic E-state index is 3.92. The van der Waals surface area contributed by atoms with Gasteiger partial charge in [0.15, 0.2) is 0 Å². The van der Waals surface area contributed by atoms with Crippen LogP contribution in [-0.2, 0) is 11.8 Å². The van der Waals surface area contributed by atoms with E-state index < -0.39 is 0 Å². The Labute approximate surface area is 177 Å². The van der Waals surface area contributed by atoms with Crippen LogP contribution in [0.5, 0.6) is 0 Å². The molecule has 0 aromatic heterocycles. The lowest BCUT2D eigenvalue weighted by Gasteiger charge is -2.40. The summed E-state index contributed by atoms with van der Waals surface area (Å²) in [6.07, 6.45) is 11.8. The Kier molecular flexibility index (Phi) is 7.07. The SMILES string of the molecule is C(#C[C@](Cc1ccccc1)(c1ccccc1)C1CCCCC1)CN1CCCCC1. The lowest BCUT2D eigenvalue weighted by atomic mass is 9.62. The average Bonchev–Trinajstić information content (AvgIpc) is 2.81. The van der Waals surface area contributed by atoms with Gasteiger partial charge in [-0.1, -0.05) is 98.2 Å². The zero-order valence-corrected chi connectivity index (χ0v) is 17.8. The van der Waals surface area contributed by atoms with Gasteiger partial charge in [-0.2, -0.15) is 0 Å². The van der Waals surface area contributed by atoms with Crippen molar-refractivity contribution in [1.82, 2.24) is 4.90 Å². The third kappa shape index (κ3) is 5.12. The maximum Gasteiger partial charge on any atom is 0.0631 e. The molecule has 1 heterocycles. The van der Waals surface area contributed by atoms with Gasteiger partial charge in [0.05, 0.1) is 12.0 Å². The predicted molar refractivity (Wildman–Crippen MR) is 123 cm³/mol. The summed E-state index contributed by atoms with van der Waals surface area (Å²) in [5.74, 6) is 8.26. The lowest BCUT2D eigenvalue weighted by Crippen LogP contribution is -2.38. The number of hydrogen-bond donors (Lipinski definition) is 0. The van der Waals surface area contributed by atoms with E-state index in [0.717, 1.165) is 13.0 Å². The summed E-state index contributed by atoms with van der Waals surface area (Å²) in [4.78, 5) is 2.55. The molecule has 0 radical (unpaired) electrons. The molecule has 1 saturated carbocycles. The second-order valence-electron chi connectivity index (χ2n) is 8.97. The van der Waals surface area contributed by atoms with E-state index in [1.807, 2.05) is 0 Å². The minimum Gasteiger partial charge on any atom is -0.292 e. The van der Waals surface area contributed by atoms with Crippen LogP contribution in [0.4, 0.5) is 0 Å². The Balaban J connectivity index is 1.70. The zero-order valence-electron chi connectivity index (χ0n) is 17.8. The lowest BCUT2D eigenvalue weighted by molar-refractivity contribution is 0.247. The van der Waals surface area contributed by atoms with Crippen molar-refractivity contribution < 1.29 is 0 Å². The van der Waals surface area contributed by atoms with E-state index in [-0.39, 0.29) is 5.41 Å².